The number of hydrogen-bond donors (Lipinski definition) is 2. The van der Waals surface area contributed by atoms with Crippen molar-refractivity contribution in [2.75, 3.05) is 64.6 Å². The molecule has 0 spiro atoms. The maximum absolute atomic E-state index is 13.7. The molecule has 0 saturated carbocycles. The van der Waals surface area contributed by atoms with Crippen LogP contribution in [0.1, 0.15) is 115 Å². The molecule has 6 aliphatic rings. The van der Waals surface area contributed by atoms with E-state index < -0.39 is 23.8 Å². The number of benzene rings is 3. The molecular formula is C54H63N11O6. The van der Waals surface area contributed by atoms with Gasteiger partial charge in [0.2, 0.25) is 11.8 Å². The first-order valence-corrected chi connectivity index (χ1v) is 25.8. The van der Waals surface area contributed by atoms with Crippen LogP contribution in [0.2, 0.25) is 0 Å². The fourth-order valence-electron chi connectivity index (χ4n) is 12.1. The van der Waals surface area contributed by atoms with Gasteiger partial charge in [-0.15, -0.1) is 0 Å². The number of nitrogen functional groups attached to an aromatic ring is 1. The van der Waals surface area contributed by atoms with Crippen molar-refractivity contribution in [3.8, 4) is 22.8 Å². The minimum absolute atomic E-state index is 0.103. The zero-order valence-electron chi connectivity index (χ0n) is 40.3. The lowest BCUT2D eigenvalue weighted by molar-refractivity contribution is -0.136. The molecule has 0 aliphatic carbocycles. The number of piperidine rings is 5. The highest BCUT2D eigenvalue weighted by Crippen LogP contribution is 2.38. The summed E-state index contributed by atoms with van der Waals surface area (Å²) in [6.45, 7) is 8.22. The molecule has 1 atom stereocenters. The van der Waals surface area contributed by atoms with Crippen LogP contribution < -0.4 is 15.8 Å². The van der Waals surface area contributed by atoms with Gasteiger partial charge in [0.1, 0.15) is 35.4 Å². The van der Waals surface area contributed by atoms with Crippen LogP contribution in [-0.2, 0) is 9.59 Å². The number of amides is 6. The number of imide groups is 2. The van der Waals surface area contributed by atoms with Gasteiger partial charge in [-0.2, -0.15) is 5.10 Å². The standard InChI is InChI=1S/C54H63N11O6/c55-49-47-48(37-8-11-42(12-9-37)71-41-6-2-1-3-7-41)59-65(50(47)57-34-56-49)40-22-29-61(30-23-40)39-20-31-63(32-21-39)54(70)62-27-16-35(17-28-62)5-4-24-60-25-18-36(19-26-60)38-10-13-43-44(33-38)53(69)64(52(43)68)45-14-15-46(66)58-51(45)67/h1-3,6-13,33-36,39-40,45H,4-5,14-32H2,(H2,55,56,57)(H,58,66,67). The van der Waals surface area contributed by atoms with Gasteiger partial charge in [0, 0.05) is 57.3 Å². The van der Waals surface area contributed by atoms with E-state index in [2.05, 4.69) is 39.6 Å². The highest BCUT2D eigenvalue weighted by atomic mass is 16.5. The zero-order valence-corrected chi connectivity index (χ0v) is 40.3. The van der Waals surface area contributed by atoms with Crippen LogP contribution in [0.15, 0.2) is 79.1 Å². The van der Waals surface area contributed by atoms with Crippen LogP contribution >= 0.6 is 0 Å². The topological polar surface area (TPSA) is 192 Å². The van der Waals surface area contributed by atoms with E-state index in [0.717, 1.165) is 161 Å². The molecule has 17 heteroatoms. The third kappa shape index (κ3) is 9.61. The molecule has 3 aromatic carbocycles. The molecule has 0 bridgehead atoms. The van der Waals surface area contributed by atoms with E-state index in [1.807, 2.05) is 66.7 Å². The summed E-state index contributed by atoms with van der Waals surface area (Å²) in [5.41, 5.74) is 10.7. The number of anilines is 1. The molecule has 8 heterocycles. The Labute approximate surface area is 413 Å². The summed E-state index contributed by atoms with van der Waals surface area (Å²) in [6, 6.07) is 23.1. The number of hydrogen-bond acceptors (Lipinski definition) is 12. The Morgan fingerprint density at radius 2 is 1.38 bits per heavy atom. The lowest BCUT2D eigenvalue weighted by atomic mass is 9.87. The molecule has 0 radical (unpaired) electrons. The molecule has 5 fully saturated rings. The molecule has 3 N–H and O–H groups in total. The molecule has 370 valence electrons. The maximum atomic E-state index is 13.7. The van der Waals surface area contributed by atoms with Crippen LogP contribution in [-0.4, -0.2) is 145 Å². The Morgan fingerprint density at radius 3 is 2.10 bits per heavy atom. The average molecular weight is 962 g/mol. The third-order valence-corrected chi connectivity index (χ3v) is 16.2. The number of fused-ring (bicyclic) bond motifs is 2. The van der Waals surface area contributed by atoms with Crippen molar-refractivity contribution in [2.45, 2.75) is 101 Å². The number of ether oxygens (including phenoxy) is 1. The minimum atomic E-state index is -0.956. The highest BCUT2D eigenvalue weighted by molar-refractivity contribution is 6.23. The van der Waals surface area contributed by atoms with Crippen molar-refractivity contribution < 1.29 is 28.7 Å². The number of para-hydroxylation sites is 1. The second-order valence-electron chi connectivity index (χ2n) is 20.4. The second kappa shape index (κ2) is 20.2. The van der Waals surface area contributed by atoms with Crippen LogP contribution in [0.25, 0.3) is 22.3 Å². The lowest BCUT2D eigenvalue weighted by Gasteiger charge is -2.43. The fraction of sp³-hybridized carbons (Fsp3) is 0.481. The quantitative estimate of drug-likeness (QED) is 0.131. The molecule has 1 unspecified atom stereocenters. The number of rotatable bonds is 11. The molecule has 11 rings (SSSR count). The average Bonchev–Trinajstić information content (AvgIpc) is 3.92. The summed E-state index contributed by atoms with van der Waals surface area (Å²) in [5, 5.41) is 8.18. The van der Waals surface area contributed by atoms with E-state index >= 15 is 0 Å². The molecule has 6 aliphatic heterocycles. The van der Waals surface area contributed by atoms with E-state index in [1.165, 1.54) is 12.7 Å². The van der Waals surface area contributed by atoms with Gasteiger partial charge < -0.3 is 30.1 Å². The number of nitrogens with two attached hydrogens (primary N) is 1. The molecule has 17 nitrogen and oxygen atoms in total. The number of urea groups is 1. The van der Waals surface area contributed by atoms with Gasteiger partial charge in [-0.05, 0) is 156 Å². The summed E-state index contributed by atoms with van der Waals surface area (Å²) >= 11 is 0. The monoisotopic (exact) mass is 961 g/mol. The van der Waals surface area contributed by atoms with Crippen molar-refractivity contribution >= 4 is 46.5 Å². The van der Waals surface area contributed by atoms with E-state index in [4.69, 9.17) is 15.6 Å². The molecule has 5 saturated heterocycles. The number of carbonyl (C=O) groups excluding carboxylic acids is 5. The maximum Gasteiger partial charge on any atom is 0.319 e. The SMILES string of the molecule is Nc1ncnc2c1c(-c1ccc(Oc3ccccc3)cc1)nn2C1CCN(C2CCN(C(=O)N3CCC(CCCN4CCC(c5ccc6c(c5)C(=O)N(C5CCC(=O)NC5=O)C6=O)CC4)CC3)CC2)CC1. The van der Waals surface area contributed by atoms with E-state index in [0.29, 0.717) is 34.8 Å². The predicted molar refractivity (Wildman–Crippen MR) is 267 cm³/mol. The van der Waals surface area contributed by atoms with Crippen LogP contribution in [0.5, 0.6) is 11.5 Å². The van der Waals surface area contributed by atoms with Crippen molar-refractivity contribution in [3.05, 3.63) is 95.8 Å². The molecule has 71 heavy (non-hydrogen) atoms. The number of aromatic nitrogens is 4. The van der Waals surface area contributed by atoms with E-state index in [9.17, 15) is 24.0 Å². The van der Waals surface area contributed by atoms with Crippen molar-refractivity contribution in [2.24, 2.45) is 5.92 Å². The first-order chi connectivity index (χ1) is 34.6. The van der Waals surface area contributed by atoms with Crippen LogP contribution in [0.4, 0.5) is 10.6 Å². The Kier molecular flexibility index (Phi) is 13.3. The Bertz CT molecular complexity index is 2790. The number of likely N-dealkylation sites (tertiary alicyclic amines) is 4. The minimum Gasteiger partial charge on any atom is -0.457 e. The molecule has 2 aromatic heterocycles. The van der Waals surface area contributed by atoms with Gasteiger partial charge >= 0.3 is 6.03 Å². The van der Waals surface area contributed by atoms with Gasteiger partial charge in [-0.25, -0.2) is 19.4 Å². The summed E-state index contributed by atoms with van der Waals surface area (Å²) < 4.78 is 8.10. The first-order valence-electron chi connectivity index (χ1n) is 25.8. The normalized spacial score (nSPS) is 21.6. The number of nitrogens with zero attached hydrogens (tertiary/aromatic N) is 9. The molecular weight excluding hydrogens is 899 g/mol. The third-order valence-electron chi connectivity index (χ3n) is 16.2. The van der Waals surface area contributed by atoms with Gasteiger partial charge in [0.15, 0.2) is 5.65 Å². The summed E-state index contributed by atoms with van der Waals surface area (Å²) in [7, 11) is 0. The van der Waals surface area contributed by atoms with Gasteiger partial charge in [0.25, 0.3) is 11.8 Å². The Morgan fingerprint density at radius 1 is 0.704 bits per heavy atom. The van der Waals surface area contributed by atoms with Crippen molar-refractivity contribution in [3.63, 3.8) is 0 Å². The summed E-state index contributed by atoms with van der Waals surface area (Å²) in [5.74, 6) is 0.996. The van der Waals surface area contributed by atoms with Gasteiger partial charge in [0.05, 0.1) is 22.6 Å². The van der Waals surface area contributed by atoms with Crippen molar-refractivity contribution in [1.29, 1.82) is 0 Å². The van der Waals surface area contributed by atoms with Crippen LogP contribution in [0, 0.1) is 5.92 Å². The fourth-order valence-corrected chi connectivity index (χ4v) is 12.1. The number of carbonyl (C=O) groups is 5. The Hall–Kier alpha value is -6.72. The number of nitrogens with one attached hydrogen (secondary N) is 1. The summed E-state index contributed by atoms with van der Waals surface area (Å²) in [6.07, 6.45) is 12.1. The van der Waals surface area contributed by atoms with Gasteiger partial charge in [-0.1, -0.05) is 24.3 Å². The summed E-state index contributed by atoms with van der Waals surface area (Å²) in [4.78, 5) is 83.8. The van der Waals surface area contributed by atoms with Gasteiger partial charge in [-0.3, -0.25) is 29.4 Å². The second-order valence-corrected chi connectivity index (χ2v) is 20.4. The largest absolute Gasteiger partial charge is 0.457 e. The smallest absolute Gasteiger partial charge is 0.319 e. The predicted octanol–water partition coefficient (Wildman–Crippen LogP) is 6.86. The van der Waals surface area contributed by atoms with Crippen LogP contribution in [0.3, 0.4) is 0 Å². The molecule has 5 aromatic rings. The highest BCUT2D eigenvalue weighted by Gasteiger charge is 2.45. The van der Waals surface area contributed by atoms with E-state index in [-0.39, 0.29) is 30.8 Å². The molecule has 6 amide bonds. The Balaban J connectivity index is 0.593. The first kappa shape index (κ1) is 46.7. The zero-order chi connectivity index (χ0) is 48.6. The van der Waals surface area contributed by atoms with Crippen molar-refractivity contribution in [1.82, 2.24) is 49.6 Å². The van der Waals surface area contributed by atoms with E-state index in [1.54, 1.807) is 6.07 Å². The lowest BCUT2D eigenvalue weighted by Crippen LogP contribution is -2.54.